The maximum Gasteiger partial charge on any atom is 0.257 e. The first-order valence-corrected chi connectivity index (χ1v) is 10.7. The van der Waals surface area contributed by atoms with E-state index < -0.39 is 9.84 Å². The standard InChI is InChI=1S/C19H17ClN2O5S/c1-12-3-2-4-13(5-12)19-21-17(22-27-19)10-28(23,24)9-15-7-16(20)6-14-8-25-11-26-18(14)15/h2-7H,8-11H2,1H3. The molecule has 4 rings (SSSR count). The predicted octanol–water partition coefficient (Wildman–Crippen LogP) is 3.68. The van der Waals surface area contributed by atoms with Crippen molar-refractivity contribution in [2.75, 3.05) is 6.79 Å². The number of nitrogens with zero attached hydrogens (tertiary/aromatic N) is 2. The average Bonchev–Trinajstić information content (AvgIpc) is 3.09. The van der Waals surface area contributed by atoms with Gasteiger partial charge in [0.2, 0.25) is 0 Å². The van der Waals surface area contributed by atoms with Crippen LogP contribution in [0.25, 0.3) is 11.5 Å². The van der Waals surface area contributed by atoms with Crippen molar-refractivity contribution in [3.8, 4) is 17.2 Å². The molecule has 7 nitrogen and oxygen atoms in total. The smallest absolute Gasteiger partial charge is 0.257 e. The first-order chi connectivity index (χ1) is 13.4. The van der Waals surface area contributed by atoms with E-state index in [0.717, 1.165) is 16.7 Å². The van der Waals surface area contributed by atoms with Gasteiger partial charge in [-0.3, -0.25) is 0 Å². The number of aromatic nitrogens is 2. The van der Waals surface area contributed by atoms with Crippen molar-refractivity contribution in [1.82, 2.24) is 10.1 Å². The average molecular weight is 421 g/mol. The van der Waals surface area contributed by atoms with Crippen LogP contribution in [0.2, 0.25) is 5.02 Å². The van der Waals surface area contributed by atoms with E-state index in [-0.39, 0.29) is 30.0 Å². The quantitative estimate of drug-likeness (QED) is 0.621. The van der Waals surface area contributed by atoms with Crippen molar-refractivity contribution in [2.24, 2.45) is 0 Å². The van der Waals surface area contributed by atoms with Crippen LogP contribution in [0.15, 0.2) is 40.9 Å². The van der Waals surface area contributed by atoms with E-state index in [9.17, 15) is 8.42 Å². The molecule has 2 heterocycles. The molecule has 0 spiro atoms. The summed E-state index contributed by atoms with van der Waals surface area (Å²) in [7, 11) is -3.58. The Kier molecular flexibility index (Phi) is 5.09. The lowest BCUT2D eigenvalue weighted by molar-refractivity contribution is -0.0169. The van der Waals surface area contributed by atoms with Crippen molar-refractivity contribution in [3.63, 3.8) is 0 Å². The van der Waals surface area contributed by atoms with Crippen LogP contribution in [0.3, 0.4) is 0 Å². The minimum atomic E-state index is -3.58. The summed E-state index contributed by atoms with van der Waals surface area (Å²) in [4.78, 5) is 4.22. The summed E-state index contributed by atoms with van der Waals surface area (Å²) in [6.45, 7) is 2.35. The highest BCUT2D eigenvalue weighted by atomic mass is 35.5. The molecule has 146 valence electrons. The number of benzene rings is 2. The molecule has 0 aliphatic carbocycles. The molecule has 9 heteroatoms. The molecular formula is C19H17ClN2O5S. The lowest BCUT2D eigenvalue weighted by Crippen LogP contribution is -2.15. The molecule has 2 aromatic carbocycles. The largest absolute Gasteiger partial charge is 0.467 e. The van der Waals surface area contributed by atoms with Gasteiger partial charge in [0.1, 0.15) is 11.5 Å². The first-order valence-electron chi connectivity index (χ1n) is 8.51. The highest BCUT2D eigenvalue weighted by Gasteiger charge is 2.23. The van der Waals surface area contributed by atoms with Gasteiger partial charge < -0.3 is 14.0 Å². The van der Waals surface area contributed by atoms with Crippen LogP contribution in [0.4, 0.5) is 0 Å². The van der Waals surface area contributed by atoms with Gasteiger partial charge >= 0.3 is 0 Å². The Morgan fingerprint density at radius 2 is 2.04 bits per heavy atom. The fraction of sp³-hybridized carbons (Fsp3) is 0.263. The van der Waals surface area contributed by atoms with Gasteiger partial charge in [-0.15, -0.1) is 0 Å². The van der Waals surface area contributed by atoms with Gasteiger partial charge in [-0.25, -0.2) is 8.42 Å². The monoisotopic (exact) mass is 420 g/mol. The maximum atomic E-state index is 12.7. The number of hydrogen-bond donors (Lipinski definition) is 0. The summed E-state index contributed by atoms with van der Waals surface area (Å²) in [5.74, 6) is 0.309. The minimum Gasteiger partial charge on any atom is -0.467 e. The molecule has 1 aromatic heterocycles. The third-order valence-corrected chi connectivity index (χ3v) is 5.88. The van der Waals surface area contributed by atoms with Gasteiger partial charge in [0.25, 0.3) is 5.89 Å². The van der Waals surface area contributed by atoms with Crippen molar-refractivity contribution in [1.29, 1.82) is 0 Å². The van der Waals surface area contributed by atoms with E-state index in [1.807, 2.05) is 31.2 Å². The Bertz CT molecular complexity index is 1130. The molecular weight excluding hydrogens is 404 g/mol. The molecule has 1 aliphatic heterocycles. The van der Waals surface area contributed by atoms with Crippen molar-refractivity contribution < 1.29 is 22.4 Å². The molecule has 0 radical (unpaired) electrons. The maximum absolute atomic E-state index is 12.7. The summed E-state index contributed by atoms with van der Waals surface area (Å²) in [5, 5.41) is 4.24. The zero-order valence-corrected chi connectivity index (χ0v) is 16.6. The van der Waals surface area contributed by atoms with Crippen LogP contribution in [0, 0.1) is 6.92 Å². The molecule has 28 heavy (non-hydrogen) atoms. The second-order valence-electron chi connectivity index (χ2n) is 6.58. The topological polar surface area (TPSA) is 91.5 Å². The van der Waals surface area contributed by atoms with Crippen LogP contribution in [0.1, 0.15) is 22.5 Å². The van der Waals surface area contributed by atoms with E-state index in [1.54, 1.807) is 12.1 Å². The molecule has 0 N–H and O–H groups in total. The zero-order valence-electron chi connectivity index (χ0n) is 15.0. The van der Waals surface area contributed by atoms with Gasteiger partial charge in [-0.1, -0.05) is 34.5 Å². The molecule has 0 amide bonds. The Hall–Kier alpha value is -2.42. The fourth-order valence-electron chi connectivity index (χ4n) is 3.06. The first kappa shape index (κ1) is 18.9. The van der Waals surface area contributed by atoms with E-state index in [2.05, 4.69) is 10.1 Å². The van der Waals surface area contributed by atoms with Crippen LogP contribution in [0.5, 0.6) is 5.75 Å². The normalized spacial score (nSPS) is 13.8. The van der Waals surface area contributed by atoms with Gasteiger partial charge in [-0.2, -0.15) is 4.98 Å². The fourth-order valence-corrected chi connectivity index (χ4v) is 4.62. The summed E-state index contributed by atoms with van der Waals surface area (Å²) >= 11 is 6.11. The molecule has 1 aliphatic rings. The Balaban J connectivity index is 1.55. The number of halogens is 1. The number of sulfone groups is 1. The molecule has 0 bridgehead atoms. The molecule has 3 aromatic rings. The second-order valence-corrected chi connectivity index (χ2v) is 9.08. The SMILES string of the molecule is Cc1cccc(-c2nc(CS(=O)(=O)Cc3cc(Cl)cc4c3OCOC4)no2)c1. The van der Waals surface area contributed by atoms with Crippen LogP contribution < -0.4 is 4.74 Å². The lowest BCUT2D eigenvalue weighted by Gasteiger charge is -2.21. The number of ether oxygens (including phenoxy) is 2. The van der Waals surface area contributed by atoms with Crippen molar-refractivity contribution in [2.45, 2.75) is 25.0 Å². The highest BCUT2D eigenvalue weighted by Crippen LogP contribution is 2.33. The molecule has 0 unspecified atom stereocenters. The Morgan fingerprint density at radius 3 is 2.86 bits per heavy atom. The van der Waals surface area contributed by atoms with Gasteiger partial charge in [-0.05, 0) is 31.2 Å². The van der Waals surface area contributed by atoms with Crippen LogP contribution in [-0.4, -0.2) is 25.4 Å². The van der Waals surface area contributed by atoms with Crippen molar-refractivity contribution in [3.05, 3.63) is 63.9 Å². The minimum absolute atomic E-state index is 0.0758. The Morgan fingerprint density at radius 1 is 1.18 bits per heavy atom. The van der Waals surface area contributed by atoms with E-state index in [4.69, 9.17) is 25.6 Å². The van der Waals surface area contributed by atoms with Gasteiger partial charge in [0, 0.05) is 21.7 Å². The number of hydrogen-bond acceptors (Lipinski definition) is 7. The molecule has 0 atom stereocenters. The predicted molar refractivity (Wildman–Crippen MR) is 103 cm³/mol. The third kappa shape index (κ3) is 4.19. The van der Waals surface area contributed by atoms with Crippen LogP contribution in [-0.2, 0) is 32.7 Å². The summed E-state index contributed by atoms with van der Waals surface area (Å²) in [6.07, 6.45) is 0. The van der Waals surface area contributed by atoms with Gasteiger partial charge in [0.15, 0.2) is 22.5 Å². The number of fused-ring (bicyclic) bond motifs is 1. The third-order valence-electron chi connectivity index (χ3n) is 4.21. The van der Waals surface area contributed by atoms with Crippen molar-refractivity contribution >= 4 is 21.4 Å². The Labute approximate surface area is 167 Å². The van der Waals surface area contributed by atoms with Gasteiger partial charge in [0.05, 0.1) is 12.4 Å². The number of aryl methyl sites for hydroxylation is 1. The number of rotatable bonds is 5. The van der Waals surface area contributed by atoms with E-state index >= 15 is 0 Å². The summed E-state index contributed by atoms with van der Waals surface area (Å²) < 4.78 is 41.4. The summed E-state index contributed by atoms with van der Waals surface area (Å²) in [5.41, 5.74) is 3.01. The second kappa shape index (κ2) is 7.54. The molecule has 0 fully saturated rings. The molecule has 0 saturated heterocycles. The van der Waals surface area contributed by atoms with E-state index in [0.29, 0.717) is 22.9 Å². The summed E-state index contributed by atoms with van der Waals surface area (Å²) in [6, 6.07) is 10.8. The zero-order chi connectivity index (χ0) is 19.7. The van der Waals surface area contributed by atoms with Crippen LogP contribution >= 0.6 is 11.6 Å². The van der Waals surface area contributed by atoms with E-state index in [1.165, 1.54) is 0 Å². The highest BCUT2D eigenvalue weighted by molar-refractivity contribution is 7.89. The lowest BCUT2D eigenvalue weighted by atomic mass is 10.1. The molecule has 0 saturated carbocycles.